The number of benzene rings is 1. The van der Waals surface area contributed by atoms with Gasteiger partial charge < -0.3 is 35.3 Å². The van der Waals surface area contributed by atoms with Crippen LogP contribution >= 0.6 is 0 Å². The molecule has 1 saturated heterocycles. The minimum absolute atomic E-state index is 0.0112. The first-order valence-electron chi connectivity index (χ1n) is 12.5. The standard InChI is InChI=1S/C25H36N4O9/c26-8-2-10-35-12-14-37-15-13-36-11-3-9-27-23(32)17-38-21-5-1-4-18(19(21)16-30)24(33)28-20-6-7-22(31)29-25(20)34/h1,4-5,16,20H,2-3,6-15,17,26H2,(H,27,32)(H,28,33)(H,29,31,34). The Kier molecular flexibility index (Phi) is 14.6. The van der Waals surface area contributed by atoms with E-state index in [1.54, 1.807) is 0 Å². The zero-order chi connectivity index (χ0) is 27.6. The molecule has 1 fully saturated rings. The SMILES string of the molecule is NCCCOCCOCCOCCCNC(=O)COc1cccc(C(=O)NC2CCC(=O)NC2=O)c1C=O. The molecule has 13 heteroatoms. The first-order chi connectivity index (χ1) is 18.5. The van der Waals surface area contributed by atoms with Crippen LogP contribution in [0.3, 0.4) is 0 Å². The summed E-state index contributed by atoms with van der Waals surface area (Å²) in [6.07, 6.45) is 2.12. The van der Waals surface area contributed by atoms with Gasteiger partial charge in [-0.3, -0.25) is 29.3 Å². The largest absolute Gasteiger partial charge is 0.483 e. The summed E-state index contributed by atoms with van der Waals surface area (Å²) >= 11 is 0. The lowest BCUT2D eigenvalue weighted by atomic mass is 10.0. The molecule has 1 aliphatic heterocycles. The average Bonchev–Trinajstić information content (AvgIpc) is 2.91. The van der Waals surface area contributed by atoms with Crippen molar-refractivity contribution >= 4 is 29.9 Å². The number of hydrogen-bond acceptors (Lipinski definition) is 10. The zero-order valence-electron chi connectivity index (χ0n) is 21.3. The van der Waals surface area contributed by atoms with E-state index in [0.717, 1.165) is 6.42 Å². The monoisotopic (exact) mass is 536 g/mol. The highest BCUT2D eigenvalue weighted by Gasteiger charge is 2.29. The minimum atomic E-state index is -0.891. The molecular formula is C25H36N4O9. The molecule has 1 aliphatic rings. The summed E-state index contributed by atoms with van der Waals surface area (Å²) in [5.41, 5.74) is 5.31. The molecule has 5 N–H and O–H groups in total. The zero-order valence-corrected chi connectivity index (χ0v) is 21.3. The van der Waals surface area contributed by atoms with Gasteiger partial charge in [0, 0.05) is 26.2 Å². The number of nitrogens with two attached hydrogens (primary N) is 1. The summed E-state index contributed by atoms with van der Waals surface area (Å²) in [5.74, 6) is -2.03. The molecule has 2 rings (SSSR count). The van der Waals surface area contributed by atoms with Crippen LogP contribution in [0, 0.1) is 0 Å². The summed E-state index contributed by atoms with van der Waals surface area (Å²) < 4.78 is 21.6. The fourth-order valence-electron chi connectivity index (χ4n) is 3.38. The van der Waals surface area contributed by atoms with Gasteiger partial charge in [0.05, 0.1) is 37.6 Å². The molecule has 1 atom stereocenters. The highest BCUT2D eigenvalue weighted by atomic mass is 16.5. The van der Waals surface area contributed by atoms with Gasteiger partial charge in [-0.1, -0.05) is 6.07 Å². The average molecular weight is 537 g/mol. The van der Waals surface area contributed by atoms with Gasteiger partial charge in [-0.05, 0) is 37.9 Å². The van der Waals surface area contributed by atoms with Crippen LogP contribution in [-0.2, 0) is 28.6 Å². The van der Waals surface area contributed by atoms with Crippen LogP contribution < -0.4 is 26.4 Å². The highest BCUT2D eigenvalue weighted by molar-refractivity contribution is 6.06. The van der Waals surface area contributed by atoms with Crippen molar-refractivity contribution in [1.29, 1.82) is 0 Å². The lowest BCUT2D eigenvalue weighted by Crippen LogP contribution is -2.52. The quantitative estimate of drug-likeness (QED) is 0.100. The number of carbonyl (C=O) groups is 5. The van der Waals surface area contributed by atoms with E-state index in [-0.39, 0.29) is 36.3 Å². The number of amides is 4. The Hall–Kier alpha value is -3.39. The number of imide groups is 1. The summed E-state index contributed by atoms with van der Waals surface area (Å²) in [6.45, 7) is 3.57. The van der Waals surface area contributed by atoms with Crippen LogP contribution in [0.25, 0.3) is 0 Å². The van der Waals surface area contributed by atoms with Crippen molar-refractivity contribution in [2.75, 3.05) is 59.3 Å². The second-order valence-corrected chi connectivity index (χ2v) is 8.28. The Balaban J connectivity index is 1.64. The maximum Gasteiger partial charge on any atom is 0.257 e. The number of aldehydes is 1. The normalized spacial score (nSPS) is 15.0. The predicted molar refractivity (Wildman–Crippen MR) is 135 cm³/mol. The lowest BCUT2D eigenvalue weighted by molar-refractivity contribution is -0.134. The summed E-state index contributed by atoms with van der Waals surface area (Å²) in [7, 11) is 0. The van der Waals surface area contributed by atoms with Gasteiger partial charge in [0.25, 0.3) is 11.8 Å². The maximum absolute atomic E-state index is 12.7. The van der Waals surface area contributed by atoms with Gasteiger partial charge in [0.2, 0.25) is 11.8 Å². The van der Waals surface area contributed by atoms with Crippen molar-refractivity contribution in [2.24, 2.45) is 5.73 Å². The van der Waals surface area contributed by atoms with E-state index >= 15 is 0 Å². The molecule has 0 aromatic heterocycles. The fraction of sp³-hybridized carbons (Fsp3) is 0.560. The van der Waals surface area contributed by atoms with Crippen molar-refractivity contribution in [2.45, 2.75) is 31.7 Å². The number of piperidine rings is 1. The van der Waals surface area contributed by atoms with Gasteiger partial charge >= 0.3 is 0 Å². The van der Waals surface area contributed by atoms with Crippen molar-refractivity contribution in [1.82, 2.24) is 16.0 Å². The molecule has 0 spiro atoms. The molecule has 38 heavy (non-hydrogen) atoms. The Labute approximate surface area is 221 Å². The van der Waals surface area contributed by atoms with E-state index in [1.807, 2.05) is 0 Å². The molecule has 13 nitrogen and oxygen atoms in total. The predicted octanol–water partition coefficient (Wildman–Crippen LogP) is -0.682. The third kappa shape index (κ3) is 11.3. The van der Waals surface area contributed by atoms with E-state index in [9.17, 15) is 24.0 Å². The van der Waals surface area contributed by atoms with E-state index in [1.165, 1.54) is 18.2 Å². The second-order valence-electron chi connectivity index (χ2n) is 8.28. The van der Waals surface area contributed by atoms with Crippen molar-refractivity contribution in [3.05, 3.63) is 29.3 Å². The van der Waals surface area contributed by atoms with Crippen LogP contribution in [-0.4, -0.2) is 95.3 Å². The molecule has 4 amide bonds. The smallest absolute Gasteiger partial charge is 0.257 e. The molecule has 0 radical (unpaired) electrons. The van der Waals surface area contributed by atoms with Crippen LogP contribution in [0.15, 0.2) is 18.2 Å². The van der Waals surface area contributed by atoms with Gasteiger partial charge in [-0.2, -0.15) is 0 Å². The minimum Gasteiger partial charge on any atom is -0.483 e. The third-order valence-corrected chi connectivity index (χ3v) is 5.36. The topological polar surface area (TPSA) is 184 Å². The second kappa shape index (κ2) is 18.0. The van der Waals surface area contributed by atoms with E-state index < -0.39 is 29.7 Å². The van der Waals surface area contributed by atoms with Crippen molar-refractivity contribution in [3.63, 3.8) is 0 Å². The van der Waals surface area contributed by atoms with Gasteiger partial charge in [0.15, 0.2) is 12.9 Å². The van der Waals surface area contributed by atoms with E-state index in [0.29, 0.717) is 65.4 Å². The Morgan fingerprint density at radius 3 is 2.37 bits per heavy atom. The molecular weight excluding hydrogens is 500 g/mol. The van der Waals surface area contributed by atoms with Crippen LogP contribution in [0.2, 0.25) is 0 Å². The number of rotatable bonds is 19. The number of carbonyl (C=O) groups excluding carboxylic acids is 5. The number of ether oxygens (including phenoxy) is 4. The Morgan fingerprint density at radius 2 is 1.71 bits per heavy atom. The van der Waals surface area contributed by atoms with E-state index in [4.69, 9.17) is 24.7 Å². The molecule has 0 saturated carbocycles. The maximum atomic E-state index is 12.7. The molecule has 1 unspecified atom stereocenters. The molecule has 0 aliphatic carbocycles. The first-order valence-corrected chi connectivity index (χ1v) is 12.5. The molecule has 1 aromatic rings. The van der Waals surface area contributed by atoms with Crippen LogP contribution in [0.5, 0.6) is 5.75 Å². The Morgan fingerprint density at radius 1 is 1.03 bits per heavy atom. The number of nitrogens with one attached hydrogen (secondary N) is 3. The molecule has 1 heterocycles. The van der Waals surface area contributed by atoms with Gasteiger partial charge in [-0.15, -0.1) is 0 Å². The summed E-state index contributed by atoms with van der Waals surface area (Å²) in [4.78, 5) is 59.6. The van der Waals surface area contributed by atoms with Crippen molar-refractivity contribution in [3.8, 4) is 5.75 Å². The van der Waals surface area contributed by atoms with Crippen LogP contribution in [0.4, 0.5) is 0 Å². The molecule has 0 bridgehead atoms. The van der Waals surface area contributed by atoms with E-state index in [2.05, 4.69) is 16.0 Å². The van der Waals surface area contributed by atoms with Crippen LogP contribution in [0.1, 0.15) is 46.4 Å². The number of hydrogen-bond donors (Lipinski definition) is 4. The van der Waals surface area contributed by atoms with Crippen molar-refractivity contribution < 1.29 is 42.9 Å². The molecule has 210 valence electrons. The fourth-order valence-corrected chi connectivity index (χ4v) is 3.38. The summed E-state index contributed by atoms with van der Waals surface area (Å²) in [5, 5.41) is 7.35. The first kappa shape index (κ1) is 30.8. The Bertz CT molecular complexity index is 941. The third-order valence-electron chi connectivity index (χ3n) is 5.36. The highest BCUT2D eigenvalue weighted by Crippen LogP contribution is 2.21. The summed E-state index contributed by atoms with van der Waals surface area (Å²) in [6, 6.07) is 3.47. The van der Waals surface area contributed by atoms with Gasteiger partial charge in [0.1, 0.15) is 11.8 Å². The lowest BCUT2D eigenvalue weighted by Gasteiger charge is -2.22. The van der Waals surface area contributed by atoms with Gasteiger partial charge in [-0.25, -0.2) is 0 Å². The molecule has 1 aromatic carbocycles.